The first-order valence-corrected chi connectivity index (χ1v) is 9.28. The zero-order valence-electron chi connectivity index (χ0n) is 16.9. The number of carbonyl (C=O) groups is 2. The van der Waals surface area contributed by atoms with Crippen LogP contribution in [0.4, 0.5) is 16.6 Å². The molecule has 0 fully saturated rings. The summed E-state index contributed by atoms with van der Waals surface area (Å²) in [6, 6.07) is 3.21. The van der Waals surface area contributed by atoms with Gasteiger partial charge in [-0.2, -0.15) is 0 Å². The number of pyridine rings is 1. The lowest BCUT2D eigenvalue weighted by Gasteiger charge is -2.11. The summed E-state index contributed by atoms with van der Waals surface area (Å²) in [6.45, 7) is 4.66. The number of nitrogens with zero attached hydrogens (tertiary/aromatic N) is 5. The summed E-state index contributed by atoms with van der Waals surface area (Å²) >= 11 is 0. The fourth-order valence-corrected chi connectivity index (χ4v) is 2.76. The molecule has 0 unspecified atom stereocenters. The Labute approximate surface area is 168 Å². The molecular weight excluding hydrogens is 372 g/mol. The maximum absolute atomic E-state index is 12.6. The number of urea groups is 1. The lowest BCUT2D eigenvalue weighted by molar-refractivity contribution is 0.0949. The predicted molar refractivity (Wildman–Crippen MR) is 111 cm³/mol. The number of amides is 3. The second kappa shape index (κ2) is 8.55. The molecule has 0 saturated carbocycles. The molecule has 0 aliphatic rings. The molecule has 152 valence electrons. The molecular formula is C19H24N8O2. The maximum atomic E-state index is 12.6. The number of nitrogens with one attached hydrogen (secondary N) is 3. The van der Waals surface area contributed by atoms with Gasteiger partial charge in [0, 0.05) is 45.1 Å². The van der Waals surface area contributed by atoms with Crippen molar-refractivity contribution in [1.29, 1.82) is 0 Å². The van der Waals surface area contributed by atoms with E-state index in [-0.39, 0.29) is 11.9 Å². The van der Waals surface area contributed by atoms with Crippen molar-refractivity contribution >= 4 is 29.4 Å². The van der Waals surface area contributed by atoms with E-state index in [1.807, 2.05) is 34.0 Å². The van der Waals surface area contributed by atoms with E-state index in [0.29, 0.717) is 36.2 Å². The number of hydrogen-bond acceptors (Lipinski definition) is 6. The largest absolute Gasteiger partial charge is 0.351 e. The Balaban J connectivity index is 2.06. The Kier molecular flexibility index (Phi) is 5.91. The van der Waals surface area contributed by atoms with Gasteiger partial charge in [-0.15, -0.1) is 0 Å². The number of anilines is 2. The molecule has 10 nitrogen and oxygen atoms in total. The number of fused-ring (bicyclic) bond motifs is 1. The van der Waals surface area contributed by atoms with Gasteiger partial charge in [0.2, 0.25) is 5.95 Å². The molecule has 0 bridgehead atoms. The Morgan fingerprint density at radius 2 is 1.72 bits per heavy atom. The van der Waals surface area contributed by atoms with Crippen LogP contribution < -0.4 is 20.9 Å². The van der Waals surface area contributed by atoms with Crippen LogP contribution in [-0.4, -0.2) is 58.5 Å². The molecule has 3 rings (SSSR count). The van der Waals surface area contributed by atoms with Crippen LogP contribution in [0.3, 0.4) is 0 Å². The summed E-state index contributed by atoms with van der Waals surface area (Å²) in [4.78, 5) is 39.3. The highest BCUT2D eigenvalue weighted by Crippen LogP contribution is 2.24. The van der Waals surface area contributed by atoms with Gasteiger partial charge in [0.1, 0.15) is 11.3 Å². The summed E-state index contributed by atoms with van der Waals surface area (Å²) in [5, 5.41) is 8.12. The van der Waals surface area contributed by atoms with E-state index < -0.39 is 0 Å². The summed E-state index contributed by atoms with van der Waals surface area (Å²) in [5.74, 6) is 0.693. The third-order valence-electron chi connectivity index (χ3n) is 4.09. The smallest absolute Gasteiger partial charge is 0.320 e. The van der Waals surface area contributed by atoms with Crippen LogP contribution in [0.1, 0.15) is 24.3 Å². The third kappa shape index (κ3) is 4.42. The van der Waals surface area contributed by atoms with E-state index >= 15 is 0 Å². The molecule has 3 amide bonds. The van der Waals surface area contributed by atoms with Crippen molar-refractivity contribution in [2.24, 2.45) is 0 Å². The average Bonchev–Trinajstić information content (AvgIpc) is 3.09. The first kappa shape index (κ1) is 20.1. The SMILES string of the molecule is CCNC(=O)Nc1cn2c(C(=O)NCC)cc(-c3cnc(N(C)C)nc3)cc2n1. The highest BCUT2D eigenvalue weighted by Gasteiger charge is 2.16. The van der Waals surface area contributed by atoms with E-state index in [9.17, 15) is 9.59 Å². The number of carbonyl (C=O) groups excluding carboxylic acids is 2. The van der Waals surface area contributed by atoms with Crippen molar-refractivity contribution < 1.29 is 9.59 Å². The number of rotatable bonds is 6. The molecule has 0 aliphatic carbocycles. The molecule has 3 heterocycles. The molecule has 0 aliphatic heterocycles. The minimum Gasteiger partial charge on any atom is -0.351 e. The molecule has 0 aromatic carbocycles. The normalized spacial score (nSPS) is 10.6. The predicted octanol–water partition coefficient (Wildman–Crippen LogP) is 1.75. The summed E-state index contributed by atoms with van der Waals surface area (Å²) in [6.07, 6.45) is 5.02. The summed E-state index contributed by atoms with van der Waals surface area (Å²) in [5.41, 5.74) is 2.42. The molecule has 0 saturated heterocycles. The lowest BCUT2D eigenvalue weighted by Crippen LogP contribution is -2.28. The lowest BCUT2D eigenvalue weighted by atomic mass is 10.1. The van der Waals surface area contributed by atoms with Gasteiger partial charge in [0.05, 0.1) is 6.20 Å². The van der Waals surface area contributed by atoms with Crippen LogP contribution in [0.25, 0.3) is 16.8 Å². The van der Waals surface area contributed by atoms with Gasteiger partial charge in [0.25, 0.3) is 5.91 Å². The second-order valence-corrected chi connectivity index (χ2v) is 6.49. The molecule has 10 heteroatoms. The summed E-state index contributed by atoms with van der Waals surface area (Å²) < 4.78 is 1.64. The van der Waals surface area contributed by atoms with Crippen LogP contribution in [0.2, 0.25) is 0 Å². The van der Waals surface area contributed by atoms with Crippen molar-refractivity contribution in [2.45, 2.75) is 13.8 Å². The molecule has 3 N–H and O–H groups in total. The molecule has 0 radical (unpaired) electrons. The first-order valence-electron chi connectivity index (χ1n) is 9.28. The zero-order chi connectivity index (χ0) is 21.0. The Bertz CT molecular complexity index is 1030. The molecule has 29 heavy (non-hydrogen) atoms. The van der Waals surface area contributed by atoms with E-state index in [2.05, 4.69) is 30.9 Å². The first-order chi connectivity index (χ1) is 13.9. The minimum atomic E-state index is -0.358. The van der Waals surface area contributed by atoms with E-state index in [0.717, 1.165) is 11.1 Å². The average molecular weight is 396 g/mol. The van der Waals surface area contributed by atoms with Crippen LogP contribution >= 0.6 is 0 Å². The maximum Gasteiger partial charge on any atom is 0.320 e. The van der Waals surface area contributed by atoms with Crippen molar-refractivity contribution in [2.75, 3.05) is 37.4 Å². The minimum absolute atomic E-state index is 0.243. The van der Waals surface area contributed by atoms with Gasteiger partial charge >= 0.3 is 6.03 Å². The monoisotopic (exact) mass is 396 g/mol. The van der Waals surface area contributed by atoms with Crippen molar-refractivity contribution in [3.63, 3.8) is 0 Å². The number of aromatic nitrogens is 4. The van der Waals surface area contributed by atoms with Crippen molar-refractivity contribution in [3.05, 3.63) is 36.4 Å². The van der Waals surface area contributed by atoms with Crippen LogP contribution in [0, 0.1) is 0 Å². The highest BCUT2D eigenvalue weighted by molar-refractivity contribution is 5.95. The zero-order valence-corrected chi connectivity index (χ0v) is 16.9. The topological polar surface area (TPSA) is 117 Å². The molecule has 3 aromatic rings. The highest BCUT2D eigenvalue weighted by atomic mass is 16.2. The molecule has 0 spiro atoms. The van der Waals surface area contributed by atoms with E-state index in [4.69, 9.17) is 0 Å². The quantitative estimate of drug-likeness (QED) is 0.584. The van der Waals surface area contributed by atoms with Crippen LogP contribution in [0.5, 0.6) is 0 Å². The fraction of sp³-hybridized carbons (Fsp3) is 0.316. The van der Waals surface area contributed by atoms with Gasteiger partial charge < -0.3 is 15.5 Å². The Hall–Kier alpha value is -3.69. The van der Waals surface area contributed by atoms with Gasteiger partial charge in [0.15, 0.2) is 5.82 Å². The Morgan fingerprint density at radius 1 is 1.03 bits per heavy atom. The number of hydrogen-bond donors (Lipinski definition) is 3. The van der Waals surface area contributed by atoms with E-state index in [1.165, 1.54) is 0 Å². The van der Waals surface area contributed by atoms with Gasteiger partial charge in [-0.05, 0) is 31.5 Å². The third-order valence-corrected chi connectivity index (χ3v) is 4.09. The molecule has 3 aromatic heterocycles. The fourth-order valence-electron chi connectivity index (χ4n) is 2.76. The van der Waals surface area contributed by atoms with Gasteiger partial charge in [-0.3, -0.25) is 14.5 Å². The van der Waals surface area contributed by atoms with Crippen LogP contribution in [-0.2, 0) is 0 Å². The molecule has 0 atom stereocenters. The van der Waals surface area contributed by atoms with Crippen molar-refractivity contribution in [1.82, 2.24) is 30.0 Å². The standard InChI is InChI=1S/C19H24N8O2/c1-5-20-17(28)14-7-12(13-9-22-18(23-10-13)26(3)4)8-16-24-15(11-27(14)16)25-19(29)21-6-2/h7-11H,5-6H2,1-4H3,(H,20,28)(H2,21,25,29). The second-order valence-electron chi connectivity index (χ2n) is 6.49. The Morgan fingerprint density at radius 3 is 2.34 bits per heavy atom. The number of imidazole rings is 1. The van der Waals surface area contributed by atoms with E-state index in [1.54, 1.807) is 34.0 Å². The summed E-state index contributed by atoms with van der Waals surface area (Å²) in [7, 11) is 3.73. The van der Waals surface area contributed by atoms with Gasteiger partial charge in [-0.25, -0.2) is 19.7 Å². The van der Waals surface area contributed by atoms with Crippen molar-refractivity contribution in [3.8, 4) is 11.1 Å². The van der Waals surface area contributed by atoms with Gasteiger partial charge in [-0.1, -0.05) is 0 Å². The van der Waals surface area contributed by atoms with Crippen LogP contribution in [0.15, 0.2) is 30.7 Å².